The third kappa shape index (κ3) is 8.43. The second-order valence-corrected chi connectivity index (χ2v) is 5.67. The molecule has 130 valence electrons. The molecule has 0 bridgehead atoms. The first-order valence-corrected chi connectivity index (χ1v) is 8.44. The molecule has 0 aliphatic heterocycles. The molecule has 0 spiro atoms. The summed E-state index contributed by atoms with van der Waals surface area (Å²) in [6, 6.07) is 2.15. The van der Waals surface area contributed by atoms with Gasteiger partial charge in [0.25, 0.3) is 0 Å². The average molecular weight is 328 g/mol. The van der Waals surface area contributed by atoms with Gasteiger partial charge in [-0.15, -0.1) is 0 Å². The van der Waals surface area contributed by atoms with E-state index in [0.717, 1.165) is 42.5 Å². The van der Waals surface area contributed by atoms with Gasteiger partial charge in [0, 0.05) is 6.42 Å². The largest absolute Gasteiger partial charge is 0.249 e. The number of unbranched alkanes of at least 4 members (excludes halogenated alkanes) is 2. The fourth-order valence-corrected chi connectivity index (χ4v) is 2.08. The van der Waals surface area contributed by atoms with E-state index in [1.165, 1.54) is 6.08 Å². The first-order valence-electron chi connectivity index (χ1n) is 8.44. The number of hydrogen-bond acceptors (Lipinski definition) is 2. The molecule has 0 radical (unpaired) electrons. The Kier molecular flexibility index (Phi) is 12.0. The average Bonchev–Trinajstić information content (AvgIpc) is 2.59. The highest BCUT2D eigenvalue weighted by Gasteiger charge is 2.14. The van der Waals surface area contributed by atoms with Crippen molar-refractivity contribution in [2.75, 3.05) is 0 Å². The van der Waals surface area contributed by atoms with Crippen LogP contribution in [0, 0.1) is 17.2 Å². The van der Waals surface area contributed by atoms with Crippen molar-refractivity contribution in [2.24, 2.45) is 10.9 Å². The summed E-state index contributed by atoms with van der Waals surface area (Å²) in [4.78, 5) is 4.68. The highest BCUT2D eigenvalue weighted by Crippen LogP contribution is 2.22. The molecule has 0 amide bonds. The summed E-state index contributed by atoms with van der Waals surface area (Å²) in [5, 5.41) is 8.63. The zero-order chi connectivity index (χ0) is 18.4. The third-order valence-electron chi connectivity index (χ3n) is 3.78. The van der Waals surface area contributed by atoms with Gasteiger partial charge in [-0.25, -0.2) is 9.38 Å². The van der Waals surface area contributed by atoms with Crippen LogP contribution >= 0.6 is 0 Å². The van der Waals surface area contributed by atoms with Crippen molar-refractivity contribution in [1.29, 1.82) is 5.26 Å². The van der Waals surface area contributed by atoms with E-state index in [0.29, 0.717) is 24.4 Å². The van der Waals surface area contributed by atoms with Crippen molar-refractivity contribution >= 4 is 5.71 Å². The van der Waals surface area contributed by atoms with Crippen molar-refractivity contribution in [3.63, 3.8) is 0 Å². The standard InChI is InChI=1S/C21H29FN2/c1-6-12-20(14-11-15-22)24-21(19(5)17(3)7-2)18(4)13-9-8-10-16-23/h6,11-12,14-15,17H,4-5,7-10,13H2,1-3H3/b12-6-,15-11+,20-14+,24-21?. The second kappa shape index (κ2) is 13.2. The topological polar surface area (TPSA) is 36.1 Å². The second-order valence-electron chi connectivity index (χ2n) is 5.67. The molecule has 0 aromatic heterocycles. The SMILES string of the molecule is C=C(CCCCC#N)C(=NC(/C=C\C)=C/C=C/F)C(=C)C(C)CC. The Labute approximate surface area is 146 Å². The monoisotopic (exact) mass is 328 g/mol. The number of nitriles is 1. The number of hydrogen-bond donors (Lipinski definition) is 0. The van der Waals surface area contributed by atoms with Gasteiger partial charge in [0.2, 0.25) is 0 Å². The van der Waals surface area contributed by atoms with E-state index in [1.54, 1.807) is 6.08 Å². The van der Waals surface area contributed by atoms with Crippen LogP contribution in [0.2, 0.25) is 0 Å². The highest BCUT2D eigenvalue weighted by atomic mass is 19.1. The molecule has 0 aliphatic rings. The van der Waals surface area contributed by atoms with Gasteiger partial charge >= 0.3 is 0 Å². The maximum absolute atomic E-state index is 12.3. The fourth-order valence-electron chi connectivity index (χ4n) is 2.08. The first kappa shape index (κ1) is 21.8. The molecule has 0 N–H and O–H groups in total. The van der Waals surface area contributed by atoms with Gasteiger partial charge in [0.15, 0.2) is 0 Å². The molecule has 0 saturated carbocycles. The Bertz CT molecular complexity index is 571. The molecule has 1 unspecified atom stereocenters. The molecule has 0 fully saturated rings. The van der Waals surface area contributed by atoms with Crippen molar-refractivity contribution in [1.82, 2.24) is 0 Å². The zero-order valence-corrected chi connectivity index (χ0v) is 15.2. The molecule has 0 saturated heterocycles. The van der Waals surface area contributed by atoms with Crippen molar-refractivity contribution in [3.8, 4) is 6.07 Å². The van der Waals surface area contributed by atoms with E-state index in [-0.39, 0.29) is 0 Å². The predicted octanol–water partition coefficient (Wildman–Crippen LogP) is 6.61. The quantitative estimate of drug-likeness (QED) is 0.239. The molecule has 3 heteroatoms. The van der Waals surface area contributed by atoms with Crippen LogP contribution in [0.1, 0.15) is 52.9 Å². The Hall–Kier alpha value is -2.21. The van der Waals surface area contributed by atoms with Gasteiger partial charge in [0.05, 0.1) is 23.8 Å². The summed E-state index contributed by atoms with van der Waals surface area (Å²) in [5.41, 5.74) is 3.31. The maximum atomic E-state index is 12.3. The summed E-state index contributed by atoms with van der Waals surface area (Å²) >= 11 is 0. The normalized spacial score (nSPS) is 14.1. The van der Waals surface area contributed by atoms with Crippen LogP contribution in [0.25, 0.3) is 0 Å². The van der Waals surface area contributed by atoms with Gasteiger partial charge in [-0.3, -0.25) is 0 Å². The van der Waals surface area contributed by atoms with Crippen molar-refractivity contribution in [2.45, 2.75) is 52.9 Å². The molecule has 24 heavy (non-hydrogen) atoms. The Balaban J connectivity index is 5.52. The lowest BCUT2D eigenvalue weighted by atomic mass is 9.90. The van der Waals surface area contributed by atoms with Crippen LogP contribution in [0.15, 0.2) is 65.6 Å². The van der Waals surface area contributed by atoms with Gasteiger partial charge in [0.1, 0.15) is 0 Å². The fraction of sp³-hybridized carbons (Fsp3) is 0.429. The molecule has 0 heterocycles. The van der Waals surface area contributed by atoms with Crippen LogP contribution in [-0.4, -0.2) is 5.71 Å². The molecular formula is C21H29FN2. The van der Waals surface area contributed by atoms with Crippen LogP contribution in [0.4, 0.5) is 4.39 Å². The van der Waals surface area contributed by atoms with Crippen molar-refractivity contribution < 1.29 is 4.39 Å². The summed E-state index contributed by atoms with van der Waals surface area (Å²) < 4.78 is 12.3. The number of halogens is 1. The molecule has 2 nitrogen and oxygen atoms in total. The van der Waals surface area contributed by atoms with Crippen molar-refractivity contribution in [3.05, 3.63) is 60.6 Å². The minimum atomic E-state index is 0.295. The van der Waals surface area contributed by atoms with Gasteiger partial charge < -0.3 is 0 Å². The predicted molar refractivity (Wildman–Crippen MR) is 102 cm³/mol. The van der Waals surface area contributed by atoms with E-state index in [4.69, 9.17) is 5.26 Å². The lowest BCUT2D eigenvalue weighted by Crippen LogP contribution is -2.12. The summed E-state index contributed by atoms with van der Waals surface area (Å²) in [5.74, 6) is 0.295. The molecule has 0 aromatic rings. The molecular weight excluding hydrogens is 299 g/mol. The van der Waals surface area contributed by atoms with Gasteiger partial charge in [-0.2, -0.15) is 5.26 Å². The Morgan fingerprint density at radius 1 is 1.33 bits per heavy atom. The maximum Gasteiger partial charge on any atom is 0.0867 e. The first-order chi connectivity index (χ1) is 11.5. The van der Waals surface area contributed by atoms with E-state index in [9.17, 15) is 4.39 Å². The van der Waals surface area contributed by atoms with E-state index in [1.807, 2.05) is 19.1 Å². The highest BCUT2D eigenvalue weighted by molar-refractivity contribution is 6.12. The van der Waals surface area contributed by atoms with Crippen LogP contribution in [0.5, 0.6) is 0 Å². The lowest BCUT2D eigenvalue weighted by Gasteiger charge is -2.17. The zero-order valence-electron chi connectivity index (χ0n) is 15.2. The number of rotatable bonds is 11. The number of nitrogens with zero attached hydrogens (tertiary/aromatic N) is 2. The molecule has 0 aliphatic carbocycles. The summed E-state index contributed by atoms with van der Waals surface area (Å²) in [6.45, 7) is 14.5. The van der Waals surface area contributed by atoms with E-state index in [2.05, 4.69) is 38.1 Å². The number of aliphatic imine (C=N–C) groups is 1. The van der Waals surface area contributed by atoms with E-state index < -0.39 is 0 Å². The Morgan fingerprint density at radius 3 is 2.58 bits per heavy atom. The lowest BCUT2D eigenvalue weighted by molar-refractivity contribution is 0.678. The van der Waals surface area contributed by atoms with Crippen LogP contribution < -0.4 is 0 Å². The van der Waals surface area contributed by atoms with Crippen LogP contribution in [0.3, 0.4) is 0 Å². The van der Waals surface area contributed by atoms with E-state index >= 15 is 0 Å². The third-order valence-corrected chi connectivity index (χ3v) is 3.78. The minimum absolute atomic E-state index is 0.295. The molecule has 1 atom stereocenters. The van der Waals surface area contributed by atoms with Gasteiger partial charge in [-0.05, 0) is 67.9 Å². The molecule has 0 rings (SSSR count). The van der Waals surface area contributed by atoms with Crippen LogP contribution in [-0.2, 0) is 0 Å². The minimum Gasteiger partial charge on any atom is -0.249 e. The Morgan fingerprint density at radius 2 is 2.04 bits per heavy atom. The summed E-state index contributed by atoms with van der Waals surface area (Å²) in [7, 11) is 0. The summed E-state index contributed by atoms with van der Waals surface area (Å²) in [6.07, 6.45) is 11.1. The molecule has 0 aromatic carbocycles. The van der Waals surface area contributed by atoms with Gasteiger partial charge in [-0.1, -0.05) is 33.1 Å². The number of allylic oxidation sites excluding steroid dienone is 6. The smallest absolute Gasteiger partial charge is 0.0867 e.